The van der Waals surface area contributed by atoms with Gasteiger partial charge in [-0.15, -0.1) is 0 Å². The number of nitrogens with zero attached hydrogens (tertiary/aromatic N) is 1. The number of carbonyl (C=O) groups excluding carboxylic acids is 1. The largest absolute Gasteiger partial charge is 0.342 e. The highest BCUT2D eigenvalue weighted by Crippen LogP contribution is 2.16. The molecule has 0 spiro atoms. The number of anilines is 1. The van der Waals surface area contributed by atoms with E-state index in [-0.39, 0.29) is 5.69 Å². The molecule has 0 saturated heterocycles. The summed E-state index contributed by atoms with van der Waals surface area (Å²) in [5, 5.41) is 8.03. The van der Waals surface area contributed by atoms with E-state index in [1.54, 1.807) is 6.07 Å². The van der Waals surface area contributed by atoms with Crippen molar-refractivity contribution in [2.45, 2.75) is 13.8 Å². The van der Waals surface area contributed by atoms with E-state index in [9.17, 15) is 14.4 Å². The summed E-state index contributed by atoms with van der Waals surface area (Å²) in [7, 11) is 0. The van der Waals surface area contributed by atoms with E-state index in [1.807, 2.05) is 36.1 Å². The number of rotatable bonds is 2. The first kappa shape index (κ1) is 12.7. The van der Waals surface area contributed by atoms with Gasteiger partial charge in [0.15, 0.2) is 0 Å². The van der Waals surface area contributed by atoms with E-state index in [0.29, 0.717) is 5.69 Å². The smallest absolute Gasteiger partial charge is 0.320 e. The van der Waals surface area contributed by atoms with Gasteiger partial charge in [0.25, 0.3) is 11.5 Å². The van der Waals surface area contributed by atoms with Gasteiger partial charge in [-0.25, -0.2) is 9.89 Å². The summed E-state index contributed by atoms with van der Waals surface area (Å²) in [6, 6.07) is 5.55. The molecule has 0 aliphatic heterocycles. The van der Waals surface area contributed by atoms with Crippen LogP contribution in [-0.4, -0.2) is 21.1 Å². The first-order valence-electron chi connectivity index (χ1n) is 5.55. The number of aromatic amines is 2. The van der Waals surface area contributed by atoms with Crippen LogP contribution in [0.25, 0.3) is 0 Å². The zero-order valence-corrected chi connectivity index (χ0v) is 10.4. The van der Waals surface area contributed by atoms with E-state index in [0.717, 1.165) is 11.1 Å². The standard InChI is InChI=1S/C12H12N4O3/c1-6-3-4-7(2)8(5-6)13-10(17)9-11(18)14-12(19)16-15-9/h3-5H,1-2H3,(H,13,17)(H2,14,16,18,19). The number of carbonyl (C=O) groups is 1. The van der Waals surface area contributed by atoms with Crippen molar-refractivity contribution in [3.63, 3.8) is 0 Å². The van der Waals surface area contributed by atoms with Gasteiger partial charge in [0.05, 0.1) is 0 Å². The lowest BCUT2D eigenvalue weighted by Gasteiger charge is -2.08. The number of aryl methyl sites for hydroxylation is 2. The van der Waals surface area contributed by atoms with Crippen LogP contribution in [0, 0.1) is 13.8 Å². The minimum atomic E-state index is -0.827. The number of hydrogen-bond acceptors (Lipinski definition) is 4. The van der Waals surface area contributed by atoms with Gasteiger partial charge in [0.2, 0.25) is 5.69 Å². The van der Waals surface area contributed by atoms with Gasteiger partial charge < -0.3 is 5.32 Å². The number of H-pyrrole nitrogens is 2. The highest BCUT2D eigenvalue weighted by Gasteiger charge is 2.14. The molecule has 7 nitrogen and oxygen atoms in total. The van der Waals surface area contributed by atoms with Crippen molar-refractivity contribution in [2.75, 3.05) is 5.32 Å². The highest BCUT2D eigenvalue weighted by molar-refractivity contribution is 6.02. The fourth-order valence-corrected chi connectivity index (χ4v) is 1.55. The van der Waals surface area contributed by atoms with Crippen LogP contribution >= 0.6 is 0 Å². The number of amides is 1. The number of benzene rings is 1. The third-order valence-corrected chi connectivity index (χ3v) is 2.57. The second-order valence-electron chi connectivity index (χ2n) is 4.13. The molecule has 1 aromatic carbocycles. The molecule has 2 aromatic rings. The van der Waals surface area contributed by atoms with E-state index in [4.69, 9.17) is 0 Å². The number of hydrogen-bond donors (Lipinski definition) is 3. The van der Waals surface area contributed by atoms with E-state index >= 15 is 0 Å². The maximum Gasteiger partial charge on any atom is 0.342 e. The Kier molecular flexibility index (Phi) is 3.28. The molecule has 1 amide bonds. The summed E-state index contributed by atoms with van der Waals surface area (Å²) in [6.07, 6.45) is 0. The molecule has 0 unspecified atom stereocenters. The lowest BCUT2D eigenvalue weighted by Crippen LogP contribution is -2.32. The van der Waals surface area contributed by atoms with E-state index in [2.05, 4.69) is 10.4 Å². The Labute approximate surface area is 107 Å². The zero-order valence-electron chi connectivity index (χ0n) is 10.4. The summed E-state index contributed by atoms with van der Waals surface area (Å²) >= 11 is 0. The lowest BCUT2D eigenvalue weighted by molar-refractivity contribution is 0.101. The predicted octanol–water partition coefficient (Wildman–Crippen LogP) is 0.327. The predicted molar refractivity (Wildman–Crippen MR) is 69.3 cm³/mol. The first-order chi connectivity index (χ1) is 8.97. The number of aromatic nitrogens is 3. The van der Waals surface area contributed by atoms with Gasteiger partial charge in [0, 0.05) is 5.69 Å². The summed E-state index contributed by atoms with van der Waals surface area (Å²) in [4.78, 5) is 36.1. The average Bonchev–Trinajstić information content (AvgIpc) is 2.33. The Morgan fingerprint density at radius 3 is 2.68 bits per heavy atom. The summed E-state index contributed by atoms with van der Waals surface area (Å²) in [5.41, 5.74) is 0.460. The first-order valence-corrected chi connectivity index (χ1v) is 5.55. The van der Waals surface area contributed by atoms with Crippen LogP contribution < -0.4 is 16.6 Å². The highest BCUT2D eigenvalue weighted by atomic mass is 16.2. The van der Waals surface area contributed by atoms with Crippen LogP contribution in [0.5, 0.6) is 0 Å². The third kappa shape index (κ3) is 2.76. The van der Waals surface area contributed by atoms with Crippen LogP contribution in [0.15, 0.2) is 27.8 Å². The van der Waals surface area contributed by atoms with Crippen molar-refractivity contribution in [2.24, 2.45) is 0 Å². The topological polar surface area (TPSA) is 108 Å². The van der Waals surface area contributed by atoms with Crippen LogP contribution in [0.4, 0.5) is 5.69 Å². The third-order valence-electron chi connectivity index (χ3n) is 2.57. The second-order valence-corrected chi connectivity index (χ2v) is 4.13. The molecular formula is C12H12N4O3. The van der Waals surface area contributed by atoms with Gasteiger partial charge in [0.1, 0.15) is 0 Å². The minimum absolute atomic E-state index is 0.388. The van der Waals surface area contributed by atoms with Crippen molar-refractivity contribution in [1.82, 2.24) is 15.2 Å². The fraction of sp³-hybridized carbons (Fsp3) is 0.167. The molecule has 0 atom stereocenters. The number of nitrogens with one attached hydrogen (secondary N) is 3. The Hall–Kier alpha value is -2.70. The molecule has 98 valence electrons. The Morgan fingerprint density at radius 2 is 2.00 bits per heavy atom. The van der Waals surface area contributed by atoms with Gasteiger partial charge in [-0.05, 0) is 31.0 Å². The van der Waals surface area contributed by atoms with E-state index < -0.39 is 17.2 Å². The molecule has 0 bridgehead atoms. The SMILES string of the molecule is Cc1ccc(C)c(NC(=O)c2n[nH]c(=O)[nH]c2=O)c1. The van der Waals surface area contributed by atoms with Crippen LogP contribution in [-0.2, 0) is 0 Å². The van der Waals surface area contributed by atoms with Gasteiger partial charge in [-0.2, -0.15) is 5.10 Å². The Morgan fingerprint density at radius 1 is 1.26 bits per heavy atom. The maximum absolute atomic E-state index is 11.9. The van der Waals surface area contributed by atoms with E-state index in [1.165, 1.54) is 0 Å². The molecule has 0 aliphatic carbocycles. The van der Waals surface area contributed by atoms with Crippen molar-refractivity contribution < 1.29 is 4.79 Å². The molecule has 0 radical (unpaired) electrons. The Bertz CT molecular complexity index is 745. The Balaban J connectivity index is 2.33. The molecule has 0 aliphatic rings. The summed E-state index contributed by atoms with van der Waals surface area (Å²) < 4.78 is 0. The monoisotopic (exact) mass is 260 g/mol. The molecule has 1 aromatic heterocycles. The molecule has 0 fully saturated rings. The van der Waals surface area contributed by atoms with Crippen LogP contribution in [0.1, 0.15) is 21.6 Å². The van der Waals surface area contributed by atoms with Gasteiger partial charge in [-0.3, -0.25) is 14.6 Å². The summed E-state index contributed by atoms with van der Waals surface area (Å²) in [5.74, 6) is -0.675. The van der Waals surface area contributed by atoms with Crippen molar-refractivity contribution in [3.05, 3.63) is 55.9 Å². The molecular weight excluding hydrogens is 248 g/mol. The van der Waals surface area contributed by atoms with Crippen molar-refractivity contribution in [1.29, 1.82) is 0 Å². The molecule has 1 heterocycles. The second kappa shape index (κ2) is 4.89. The molecule has 7 heteroatoms. The quantitative estimate of drug-likeness (QED) is 0.723. The van der Waals surface area contributed by atoms with Gasteiger partial charge >= 0.3 is 5.69 Å². The average molecular weight is 260 g/mol. The van der Waals surface area contributed by atoms with Gasteiger partial charge in [-0.1, -0.05) is 12.1 Å². The molecule has 19 heavy (non-hydrogen) atoms. The zero-order chi connectivity index (χ0) is 14.0. The fourth-order valence-electron chi connectivity index (χ4n) is 1.55. The summed E-state index contributed by atoms with van der Waals surface area (Å²) in [6.45, 7) is 3.72. The molecule has 3 N–H and O–H groups in total. The minimum Gasteiger partial charge on any atom is -0.320 e. The normalized spacial score (nSPS) is 10.2. The maximum atomic E-state index is 11.9. The van der Waals surface area contributed by atoms with Crippen LogP contribution in [0.3, 0.4) is 0 Å². The molecule has 2 rings (SSSR count). The van der Waals surface area contributed by atoms with Crippen molar-refractivity contribution >= 4 is 11.6 Å². The van der Waals surface area contributed by atoms with Crippen molar-refractivity contribution in [3.8, 4) is 0 Å². The molecule has 0 saturated carbocycles. The van der Waals surface area contributed by atoms with Crippen LogP contribution in [0.2, 0.25) is 0 Å². The lowest BCUT2D eigenvalue weighted by atomic mass is 10.1.